The van der Waals surface area contributed by atoms with Crippen LogP contribution < -0.4 is 10.6 Å². The summed E-state index contributed by atoms with van der Waals surface area (Å²) < 4.78 is 0.315. The molecule has 0 aromatic rings. The SMILES string of the molecule is CNC1(CC(=O)NCC2(SC)CCCC2)CCCCC1. The summed E-state index contributed by atoms with van der Waals surface area (Å²) in [6, 6.07) is 0. The number of amides is 1. The molecule has 0 unspecified atom stereocenters. The molecule has 0 saturated heterocycles. The number of nitrogens with one attached hydrogen (secondary N) is 2. The minimum absolute atomic E-state index is 0.0600. The molecule has 0 radical (unpaired) electrons. The molecule has 0 aromatic heterocycles. The van der Waals surface area contributed by atoms with E-state index in [0.29, 0.717) is 11.2 Å². The second-order valence-electron chi connectivity index (χ2n) is 6.64. The van der Waals surface area contributed by atoms with Gasteiger partial charge in [-0.15, -0.1) is 0 Å². The van der Waals surface area contributed by atoms with E-state index in [1.165, 1.54) is 44.9 Å². The normalized spacial score (nSPS) is 24.5. The Morgan fingerprint density at radius 3 is 2.20 bits per heavy atom. The van der Waals surface area contributed by atoms with Gasteiger partial charge in [0.05, 0.1) is 0 Å². The predicted molar refractivity (Wildman–Crippen MR) is 87.2 cm³/mol. The van der Waals surface area contributed by atoms with Crippen LogP contribution in [0.4, 0.5) is 0 Å². The first kappa shape index (κ1) is 16.2. The standard InChI is InChI=1S/C16H30N2OS/c1-17-15(8-4-3-5-9-15)12-14(19)18-13-16(20-2)10-6-7-11-16/h17H,3-13H2,1-2H3,(H,18,19). The monoisotopic (exact) mass is 298 g/mol. The van der Waals surface area contributed by atoms with Gasteiger partial charge in [-0.05, 0) is 39.0 Å². The summed E-state index contributed by atoms with van der Waals surface area (Å²) in [7, 11) is 2.01. The molecule has 2 rings (SSSR count). The maximum absolute atomic E-state index is 12.3. The van der Waals surface area contributed by atoms with Crippen LogP contribution in [0.3, 0.4) is 0 Å². The summed E-state index contributed by atoms with van der Waals surface area (Å²) in [6.45, 7) is 0.854. The van der Waals surface area contributed by atoms with Gasteiger partial charge in [-0.1, -0.05) is 32.1 Å². The van der Waals surface area contributed by atoms with Gasteiger partial charge in [0, 0.05) is 23.3 Å². The third-order valence-corrected chi connectivity index (χ3v) is 6.81. The molecule has 0 aliphatic heterocycles. The van der Waals surface area contributed by atoms with Gasteiger partial charge in [-0.3, -0.25) is 4.79 Å². The maximum atomic E-state index is 12.3. The van der Waals surface area contributed by atoms with E-state index in [-0.39, 0.29) is 11.4 Å². The van der Waals surface area contributed by atoms with Gasteiger partial charge in [-0.25, -0.2) is 0 Å². The van der Waals surface area contributed by atoms with Crippen LogP contribution in [-0.4, -0.2) is 36.0 Å². The molecule has 3 nitrogen and oxygen atoms in total. The number of carbonyl (C=O) groups is 1. The van der Waals surface area contributed by atoms with Crippen LogP contribution >= 0.6 is 11.8 Å². The Kier molecular flexibility index (Phi) is 5.79. The third-order valence-electron chi connectivity index (χ3n) is 5.40. The molecule has 0 heterocycles. The Bertz CT molecular complexity index is 320. The van der Waals surface area contributed by atoms with Crippen molar-refractivity contribution in [1.29, 1.82) is 0 Å². The Hall–Kier alpha value is -0.220. The van der Waals surface area contributed by atoms with E-state index < -0.39 is 0 Å². The van der Waals surface area contributed by atoms with Crippen molar-refractivity contribution in [3.05, 3.63) is 0 Å². The Balaban J connectivity index is 1.82. The molecule has 0 bridgehead atoms. The van der Waals surface area contributed by atoms with Crippen molar-refractivity contribution in [2.45, 2.75) is 74.5 Å². The van der Waals surface area contributed by atoms with Crippen LogP contribution in [-0.2, 0) is 4.79 Å². The summed E-state index contributed by atoms with van der Waals surface area (Å²) in [5.41, 5.74) is 0.0600. The predicted octanol–water partition coefficient (Wildman–Crippen LogP) is 3.09. The number of hydrogen-bond acceptors (Lipinski definition) is 3. The molecule has 1 amide bonds. The lowest BCUT2D eigenvalue weighted by Gasteiger charge is -2.37. The highest BCUT2D eigenvalue weighted by Gasteiger charge is 2.35. The lowest BCUT2D eigenvalue weighted by atomic mass is 9.79. The van der Waals surface area contributed by atoms with Gasteiger partial charge in [0.15, 0.2) is 0 Å². The molecule has 20 heavy (non-hydrogen) atoms. The van der Waals surface area contributed by atoms with E-state index in [1.807, 2.05) is 18.8 Å². The third kappa shape index (κ3) is 3.91. The van der Waals surface area contributed by atoms with Crippen molar-refractivity contribution >= 4 is 17.7 Å². The first-order chi connectivity index (χ1) is 9.64. The highest BCUT2D eigenvalue weighted by molar-refractivity contribution is 8.00. The van der Waals surface area contributed by atoms with E-state index in [9.17, 15) is 4.79 Å². The molecular formula is C16H30N2OS. The molecule has 0 spiro atoms. The van der Waals surface area contributed by atoms with E-state index in [2.05, 4.69) is 16.9 Å². The molecule has 116 valence electrons. The summed E-state index contributed by atoms with van der Waals surface area (Å²) >= 11 is 1.94. The number of rotatable bonds is 6. The molecule has 2 N–H and O–H groups in total. The molecule has 2 aliphatic rings. The second kappa shape index (κ2) is 7.17. The highest BCUT2D eigenvalue weighted by atomic mass is 32.2. The summed E-state index contributed by atoms with van der Waals surface area (Å²) in [4.78, 5) is 12.3. The second-order valence-corrected chi connectivity index (χ2v) is 7.91. The van der Waals surface area contributed by atoms with E-state index in [1.54, 1.807) is 0 Å². The van der Waals surface area contributed by atoms with Gasteiger partial charge in [0.25, 0.3) is 0 Å². The van der Waals surface area contributed by atoms with Crippen LogP contribution in [0.5, 0.6) is 0 Å². The number of thioether (sulfide) groups is 1. The van der Waals surface area contributed by atoms with Gasteiger partial charge in [0.2, 0.25) is 5.91 Å². The molecule has 4 heteroatoms. The van der Waals surface area contributed by atoms with Gasteiger partial charge in [-0.2, -0.15) is 11.8 Å². The first-order valence-corrected chi connectivity index (χ1v) is 9.37. The Labute approximate surface area is 128 Å². The fourth-order valence-electron chi connectivity index (χ4n) is 3.85. The molecule has 2 aliphatic carbocycles. The summed E-state index contributed by atoms with van der Waals surface area (Å²) in [5.74, 6) is 0.238. The Morgan fingerprint density at radius 1 is 1.05 bits per heavy atom. The fraction of sp³-hybridized carbons (Fsp3) is 0.938. The van der Waals surface area contributed by atoms with E-state index in [4.69, 9.17) is 0 Å². The lowest BCUT2D eigenvalue weighted by Crippen LogP contribution is -2.49. The largest absolute Gasteiger partial charge is 0.355 e. The van der Waals surface area contributed by atoms with Crippen LogP contribution in [0, 0.1) is 0 Å². The smallest absolute Gasteiger partial charge is 0.221 e. The van der Waals surface area contributed by atoms with Crippen molar-refractivity contribution in [3.8, 4) is 0 Å². The lowest BCUT2D eigenvalue weighted by molar-refractivity contribution is -0.123. The van der Waals surface area contributed by atoms with Crippen molar-refractivity contribution in [2.24, 2.45) is 0 Å². The Morgan fingerprint density at radius 2 is 1.65 bits per heavy atom. The topological polar surface area (TPSA) is 41.1 Å². The molecule has 2 fully saturated rings. The number of hydrogen-bond donors (Lipinski definition) is 2. The van der Waals surface area contributed by atoms with Crippen molar-refractivity contribution in [2.75, 3.05) is 19.8 Å². The van der Waals surface area contributed by atoms with Crippen molar-refractivity contribution < 1.29 is 4.79 Å². The van der Waals surface area contributed by atoms with Crippen LogP contribution in [0.1, 0.15) is 64.2 Å². The minimum atomic E-state index is 0.0600. The average Bonchev–Trinajstić information content (AvgIpc) is 2.96. The van der Waals surface area contributed by atoms with Crippen LogP contribution in [0.2, 0.25) is 0 Å². The van der Waals surface area contributed by atoms with E-state index >= 15 is 0 Å². The quantitative estimate of drug-likeness (QED) is 0.792. The van der Waals surface area contributed by atoms with Crippen molar-refractivity contribution in [3.63, 3.8) is 0 Å². The van der Waals surface area contributed by atoms with E-state index in [0.717, 1.165) is 19.4 Å². The van der Waals surface area contributed by atoms with Gasteiger partial charge >= 0.3 is 0 Å². The summed E-state index contributed by atoms with van der Waals surface area (Å²) in [6.07, 6.45) is 14.1. The van der Waals surface area contributed by atoms with Crippen LogP contribution in [0.15, 0.2) is 0 Å². The molecular weight excluding hydrogens is 268 g/mol. The van der Waals surface area contributed by atoms with Crippen molar-refractivity contribution in [1.82, 2.24) is 10.6 Å². The highest BCUT2D eigenvalue weighted by Crippen LogP contribution is 2.39. The molecule has 0 atom stereocenters. The zero-order chi connectivity index (χ0) is 14.5. The molecule has 0 aromatic carbocycles. The fourth-order valence-corrected chi connectivity index (χ4v) is 4.76. The number of carbonyl (C=O) groups excluding carboxylic acids is 1. The average molecular weight is 298 g/mol. The maximum Gasteiger partial charge on any atom is 0.221 e. The minimum Gasteiger partial charge on any atom is -0.355 e. The zero-order valence-electron chi connectivity index (χ0n) is 13.1. The van der Waals surface area contributed by atoms with Gasteiger partial charge in [0.1, 0.15) is 0 Å². The summed E-state index contributed by atoms with van der Waals surface area (Å²) in [5, 5.41) is 6.66. The van der Waals surface area contributed by atoms with Crippen LogP contribution in [0.25, 0.3) is 0 Å². The van der Waals surface area contributed by atoms with Gasteiger partial charge < -0.3 is 10.6 Å². The zero-order valence-corrected chi connectivity index (χ0v) is 13.9. The first-order valence-electron chi connectivity index (χ1n) is 8.14. The molecule has 2 saturated carbocycles.